The zero-order valence-electron chi connectivity index (χ0n) is 22.6. The summed E-state index contributed by atoms with van der Waals surface area (Å²) >= 11 is 0. The fourth-order valence-corrected chi connectivity index (χ4v) is 6.44. The first-order valence-corrected chi connectivity index (χ1v) is 13.1. The van der Waals surface area contributed by atoms with Gasteiger partial charge < -0.3 is 4.57 Å². The summed E-state index contributed by atoms with van der Waals surface area (Å²) in [6.07, 6.45) is 2.23. The maximum absolute atomic E-state index is 2.49. The summed E-state index contributed by atoms with van der Waals surface area (Å²) in [6, 6.07) is 23.5. The molecular weight excluding hydrogens is 424 g/mol. The quantitative estimate of drug-likeness (QED) is 0.230. The molecule has 0 aliphatic heterocycles. The third kappa shape index (κ3) is 3.84. The monoisotopic (exact) mass is 463 g/mol. The number of hydrogen-bond donors (Lipinski definition) is 0. The summed E-state index contributed by atoms with van der Waals surface area (Å²) in [5.74, 6) is 1.81. The van der Waals surface area contributed by atoms with Crippen LogP contribution in [0.15, 0.2) is 66.9 Å². The minimum atomic E-state index is 0.390. The Morgan fingerprint density at radius 2 is 1.43 bits per heavy atom. The molecule has 0 bridgehead atoms. The number of rotatable bonds is 5. The highest BCUT2D eigenvalue weighted by atomic mass is 15.0. The van der Waals surface area contributed by atoms with Crippen LogP contribution < -0.4 is 4.57 Å². The predicted molar refractivity (Wildman–Crippen MR) is 151 cm³/mol. The molecule has 0 spiro atoms. The Kier molecular flexibility index (Phi) is 5.95. The molecule has 180 valence electrons. The topological polar surface area (TPSA) is 8.81 Å². The van der Waals surface area contributed by atoms with Gasteiger partial charge in [-0.25, -0.2) is 4.57 Å². The molecule has 0 saturated carbocycles. The van der Waals surface area contributed by atoms with Gasteiger partial charge in [0.2, 0.25) is 5.69 Å². The largest absolute Gasteiger partial charge is 0.338 e. The fraction of sp³-hybridized carbons (Fsp3) is 0.364. The molecule has 0 saturated heterocycles. The van der Waals surface area contributed by atoms with Crippen molar-refractivity contribution in [3.8, 4) is 11.3 Å². The molecule has 5 rings (SSSR count). The van der Waals surface area contributed by atoms with Crippen LogP contribution in [0.2, 0.25) is 0 Å². The van der Waals surface area contributed by atoms with E-state index in [4.69, 9.17) is 0 Å². The first-order valence-electron chi connectivity index (χ1n) is 13.1. The molecule has 0 radical (unpaired) electrons. The number of nitrogens with zero attached hydrogens (tertiary/aromatic N) is 2. The number of benzene rings is 3. The average Bonchev–Trinajstić information content (AvgIpc) is 3.12. The Morgan fingerprint density at radius 3 is 2.11 bits per heavy atom. The van der Waals surface area contributed by atoms with Gasteiger partial charge in [0.1, 0.15) is 7.05 Å². The van der Waals surface area contributed by atoms with Crippen LogP contribution in [0.3, 0.4) is 0 Å². The van der Waals surface area contributed by atoms with Gasteiger partial charge in [-0.2, -0.15) is 0 Å². The number of pyridine rings is 1. The lowest BCUT2D eigenvalue weighted by Crippen LogP contribution is -2.30. The Morgan fingerprint density at radius 1 is 0.714 bits per heavy atom. The zero-order chi connectivity index (χ0) is 25.0. The van der Waals surface area contributed by atoms with Gasteiger partial charge in [-0.15, -0.1) is 0 Å². The molecule has 3 aromatic carbocycles. The lowest BCUT2D eigenvalue weighted by atomic mass is 9.79. The van der Waals surface area contributed by atoms with Gasteiger partial charge in [0.05, 0.1) is 16.5 Å². The first kappa shape index (κ1) is 23.6. The van der Waals surface area contributed by atoms with E-state index in [0.29, 0.717) is 23.8 Å². The summed E-state index contributed by atoms with van der Waals surface area (Å²) in [5, 5.41) is 5.33. The van der Waals surface area contributed by atoms with Crippen molar-refractivity contribution in [3.63, 3.8) is 0 Å². The van der Waals surface area contributed by atoms with Crippen molar-refractivity contribution in [2.75, 3.05) is 0 Å². The van der Waals surface area contributed by atoms with Crippen LogP contribution in [0.5, 0.6) is 0 Å². The van der Waals surface area contributed by atoms with E-state index in [-0.39, 0.29) is 0 Å². The van der Waals surface area contributed by atoms with Gasteiger partial charge in [0, 0.05) is 28.4 Å². The lowest BCUT2D eigenvalue weighted by Gasteiger charge is -2.25. The zero-order valence-corrected chi connectivity index (χ0v) is 22.6. The molecule has 2 heterocycles. The molecule has 0 N–H and O–H groups in total. The second-order valence-electron chi connectivity index (χ2n) is 11.3. The van der Waals surface area contributed by atoms with Crippen LogP contribution in [0, 0.1) is 18.8 Å². The summed E-state index contributed by atoms with van der Waals surface area (Å²) in [6.45, 7) is 16.2. The van der Waals surface area contributed by atoms with Crippen molar-refractivity contribution in [1.29, 1.82) is 0 Å². The van der Waals surface area contributed by atoms with Crippen molar-refractivity contribution in [3.05, 3.63) is 78.0 Å². The van der Waals surface area contributed by atoms with Crippen LogP contribution in [0.1, 0.15) is 64.6 Å². The first-order chi connectivity index (χ1) is 16.7. The molecule has 0 fully saturated rings. The van der Waals surface area contributed by atoms with E-state index in [1.54, 1.807) is 0 Å². The lowest BCUT2D eigenvalue weighted by molar-refractivity contribution is -0.659. The molecule has 0 atom stereocenters. The Balaban J connectivity index is 1.78. The Bertz CT molecular complexity index is 1540. The maximum Gasteiger partial charge on any atom is 0.220 e. The molecule has 0 amide bonds. The SMILES string of the molecule is Cc1cc2c3ccccc3n(C(C)C)c2cc1-c1c2ccc(C(C(C)C)C(C)C)cc2cc[n+]1C. The highest BCUT2D eigenvalue weighted by molar-refractivity contribution is 6.10. The van der Waals surface area contributed by atoms with E-state index in [9.17, 15) is 0 Å². The van der Waals surface area contributed by atoms with Crippen LogP contribution >= 0.6 is 0 Å². The van der Waals surface area contributed by atoms with E-state index >= 15 is 0 Å². The summed E-state index contributed by atoms with van der Waals surface area (Å²) in [7, 11) is 2.18. The van der Waals surface area contributed by atoms with Gasteiger partial charge in [0.25, 0.3) is 0 Å². The number of fused-ring (bicyclic) bond motifs is 4. The summed E-state index contributed by atoms with van der Waals surface area (Å²) in [5.41, 5.74) is 8.00. The highest BCUT2D eigenvalue weighted by Crippen LogP contribution is 2.39. The van der Waals surface area contributed by atoms with E-state index in [1.807, 2.05) is 0 Å². The smallest absolute Gasteiger partial charge is 0.220 e. The third-order valence-electron chi connectivity index (χ3n) is 7.81. The molecule has 0 aliphatic rings. The molecule has 2 nitrogen and oxygen atoms in total. The molecule has 5 aromatic rings. The molecule has 2 aromatic heterocycles. The maximum atomic E-state index is 2.49. The number of aromatic nitrogens is 2. The Labute approximate surface area is 210 Å². The number of aryl methyl sites for hydroxylation is 2. The van der Waals surface area contributed by atoms with Crippen LogP contribution in [0.4, 0.5) is 0 Å². The number of para-hydroxylation sites is 1. The summed E-state index contributed by atoms with van der Waals surface area (Å²) < 4.78 is 4.79. The van der Waals surface area contributed by atoms with Gasteiger partial charge in [-0.1, -0.05) is 58.0 Å². The van der Waals surface area contributed by atoms with Gasteiger partial charge in [-0.3, -0.25) is 0 Å². The van der Waals surface area contributed by atoms with Crippen LogP contribution in [0.25, 0.3) is 43.8 Å². The van der Waals surface area contributed by atoms with Crippen LogP contribution in [-0.2, 0) is 7.05 Å². The fourth-order valence-electron chi connectivity index (χ4n) is 6.44. The van der Waals surface area contributed by atoms with Crippen molar-refractivity contribution < 1.29 is 4.57 Å². The molecule has 0 unspecified atom stereocenters. The van der Waals surface area contributed by atoms with E-state index in [2.05, 4.69) is 132 Å². The second-order valence-corrected chi connectivity index (χ2v) is 11.3. The molecule has 0 aliphatic carbocycles. The van der Waals surface area contributed by atoms with Gasteiger partial charge >= 0.3 is 0 Å². The van der Waals surface area contributed by atoms with Gasteiger partial charge in [-0.05, 0) is 79.3 Å². The molecule has 2 heteroatoms. The van der Waals surface area contributed by atoms with Crippen molar-refractivity contribution in [2.24, 2.45) is 18.9 Å². The predicted octanol–water partition coefficient (Wildman–Crippen LogP) is 8.72. The minimum absolute atomic E-state index is 0.390. The standard InChI is InChI=1S/C33H39N2/c1-20(2)32(21(3)4)25-13-14-26-24(18-25)15-16-34(8)33(26)28-19-31-29(17-23(28)7)27-11-9-10-12-30(27)35(31)22(5)6/h9-22,32H,1-8H3/q+1. The molecule has 35 heavy (non-hydrogen) atoms. The van der Waals surface area contributed by atoms with Crippen molar-refractivity contribution in [2.45, 2.75) is 60.4 Å². The normalized spacial score (nSPS) is 12.5. The van der Waals surface area contributed by atoms with E-state index in [0.717, 1.165) is 0 Å². The third-order valence-corrected chi connectivity index (χ3v) is 7.81. The second kappa shape index (κ2) is 8.82. The van der Waals surface area contributed by atoms with E-state index < -0.39 is 0 Å². The van der Waals surface area contributed by atoms with E-state index in [1.165, 1.54) is 55.0 Å². The van der Waals surface area contributed by atoms with Crippen molar-refractivity contribution in [1.82, 2.24) is 4.57 Å². The van der Waals surface area contributed by atoms with Crippen LogP contribution in [-0.4, -0.2) is 4.57 Å². The number of hydrogen-bond acceptors (Lipinski definition) is 0. The average molecular weight is 464 g/mol. The van der Waals surface area contributed by atoms with Crippen molar-refractivity contribution >= 4 is 32.6 Å². The summed E-state index contributed by atoms with van der Waals surface area (Å²) in [4.78, 5) is 0. The minimum Gasteiger partial charge on any atom is -0.338 e. The van der Waals surface area contributed by atoms with Gasteiger partial charge in [0.15, 0.2) is 6.20 Å². The Hall–Kier alpha value is -3.13. The molecular formula is C33H39N2+. The highest BCUT2D eigenvalue weighted by Gasteiger charge is 2.24.